The lowest BCUT2D eigenvalue weighted by Crippen LogP contribution is -2.26. The van der Waals surface area contributed by atoms with Crippen LogP contribution in [0.25, 0.3) is 0 Å². The van der Waals surface area contributed by atoms with E-state index < -0.39 is 0 Å². The van der Waals surface area contributed by atoms with E-state index in [0.29, 0.717) is 17.8 Å². The number of nitrogens with two attached hydrogens (primary N) is 1. The van der Waals surface area contributed by atoms with Crippen LogP contribution in [0.2, 0.25) is 0 Å². The highest BCUT2D eigenvalue weighted by molar-refractivity contribution is 5.82. The molecule has 0 bridgehead atoms. The summed E-state index contributed by atoms with van der Waals surface area (Å²) in [7, 11) is 0. The standard InChI is InChI=1S/C19H18N2O/c20-19(22)18-14-10-21-15-8-4-1-5-11(15)9-16(21)12-6-2-3-7-13(12)17(14)18/h1-8,13-14,17-18H,9-10H2,(H2,20,22). The molecule has 2 aliphatic heterocycles. The quantitative estimate of drug-likeness (QED) is 0.863. The maximum absolute atomic E-state index is 11.8. The first-order chi connectivity index (χ1) is 10.8. The molecule has 110 valence electrons. The summed E-state index contributed by atoms with van der Waals surface area (Å²) in [6.45, 7) is 0.923. The number of hydrogen-bond donors (Lipinski definition) is 1. The predicted octanol–water partition coefficient (Wildman–Crippen LogP) is 2.41. The lowest BCUT2D eigenvalue weighted by Gasteiger charge is -2.24. The second-order valence-electron chi connectivity index (χ2n) is 6.76. The minimum absolute atomic E-state index is 0.0328. The molecule has 1 aromatic carbocycles. The van der Waals surface area contributed by atoms with Crippen molar-refractivity contribution in [3.05, 3.63) is 65.4 Å². The van der Waals surface area contributed by atoms with Gasteiger partial charge in [0.2, 0.25) is 5.91 Å². The molecule has 3 nitrogen and oxygen atoms in total. The zero-order valence-corrected chi connectivity index (χ0v) is 12.3. The molecule has 1 aromatic rings. The fourth-order valence-electron chi connectivity index (χ4n) is 4.73. The van der Waals surface area contributed by atoms with Crippen molar-refractivity contribution in [2.24, 2.45) is 29.4 Å². The Morgan fingerprint density at radius 3 is 2.95 bits per heavy atom. The molecule has 1 fully saturated rings. The molecule has 0 radical (unpaired) electrons. The molecule has 0 spiro atoms. The molecule has 2 heterocycles. The Morgan fingerprint density at radius 2 is 2.09 bits per heavy atom. The van der Waals surface area contributed by atoms with Crippen molar-refractivity contribution in [3.8, 4) is 0 Å². The van der Waals surface area contributed by atoms with E-state index in [9.17, 15) is 4.79 Å². The number of hydrogen-bond acceptors (Lipinski definition) is 2. The summed E-state index contributed by atoms with van der Waals surface area (Å²) in [6.07, 6.45) is 9.72. The Labute approximate surface area is 129 Å². The minimum Gasteiger partial charge on any atom is -0.369 e. The van der Waals surface area contributed by atoms with Crippen LogP contribution in [-0.4, -0.2) is 12.5 Å². The van der Waals surface area contributed by atoms with E-state index in [1.54, 1.807) is 0 Å². The number of para-hydroxylation sites is 1. The van der Waals surface area contributed by atoms with Crippen molar-refractivity contribution in [3.63, 3.8) is 0 Å². The van der Waals surface area contributed by atoms with Crippen molar-refractivity contribution < 1.29 is 4.79 Å². The second-order valence-corrected chi connectivity index (χ2v) is 6.76. The third kappa shape index (κ3) is 1.48. The lowest BCUT2D eigenvalue weighted by molar-refractivity contribution is -0.119. The minimum atomic E-state index is -0.131. The first-order valence-corrected chi connectivity index (χ1v) is 7.98. The average Bonchev–Trinajstić information content (AvgIpc) is 3.16. The van der Waals surface area contributed by atoms with Gasteiger partial charge < -0.3 is 10.6 Å². The highest BCUT2D eigenvalue weighted by Gasteiger charge is 2.59. The van der Waals surface area contributed by atoms with E-state index in [1.165, 1.54) is 22.5 Å². The number of allylic oxidation sites excluding steroid dienone is 6. The van der Waals surface area contributed by atoms with Crippen molar-refractivity contribution in [1.29, 1.82) is 0 Å². The van der Waals surface area contributed by atoms with Crippen molar-refractivity contribution in [1.82, 2.24) is 0 Å². The van der Waals surface area contributed by atoms with Crippen molar-refractivity contribution in [2.45, 2.75) is 6.42 Å². The van der Waals surface area contributed by atoms with Gasteiger partial charge in [-0.3, -0.25) is 4.79 Å². The van der Waals surface area contributed by atoms with Gasteiger partial charge in [0.1, 0.15) is 0 Å². The number of nitrogens with zero attached hydrogens (tertiary/aromatic N) is 1. The number of carbonyl (C=O) groups is 1. The Balaban J connectivity index is 1.66. The maximum atomic E-state index is 11.8. The fourth-order valence-corrected chi connectivity index (χ4v) is 4.73. The predicted molar refractivity (Wildman–Crippen MR) is 86.0 cm³/mol. The number of rotatable bonds is 1. The van der Waals surface area contributed by atoms with E-state index in [0.717, 1.165) is 13.0 Å². The molecule has 3 heteroatoms. The van der Waals surface area contributed by atoms with Crippen LogP contribution < -0.4 is 10.6 Å². The van der Waals surface area contributed by atoms with Gasteiger partial charge in [-0.2, -0.15) is 0 Å². The monoisotopic (exact) mass is 290 g/mol. The molecular formula is C19H18N2O. The molecule has 1 saturated carbocycles. The smallest absolute Gasteiger partial charge is 0.221 e. The largest absolute Gasteiger partial charge is 0.369 e. The van der Waals surface area contributed by atoms with E-state index >= 15 is 0 Å². The van der Waals surface area contributed by atoms with Gasteiger partial charge in [0, 0.05) is 36.2 Å². The van der Waals surface area contributed by atoms with Crippen LogP contribution in [0.4, 0.5) is 5.69 Å². The third-order valence-corrected chi connectivity index (χ3v) is 5.73. The van der Waals surface area contributed by atoms with Gasteiger partial charge in [-0.05, 0) is 29.0 Å². The Hall–Kier alpha value is -2.29. The fraction of sp³-hybridized carbons (Fsp3) is 0.316. The molecule has 2 aliphatic carbocycles. The SMILES string of the molecule is NC(=O)C1C2CN3C(=C4C=CC=CC4C21)Cc1ccccc13. The van der Waals surface area contributed by atoms with Gasteiger partial charge in [-0.1, -0.05) is 42.5 Å². The first kappa shape index (κ1) is 12.3. The van der Waals surface area contributed by atoms with Gasteiger partial charge >= 0.3 is 0 Å². The number of benzene rings is 1. The summed E-state index contributed by atoms with van der Waals surface area (Å²) in [5, 5.41) is 0. The maximum Gasteiger partial charge on any atom is 0.221 e. The van der Waals surface area contributed by atoms with Gasteiger partial charge in [-0.25, -0.2) is 0 Å². The molecule has 2 N–H and O–H groups in total. The second kappa shape index (κ2) is 4.13. The average molecular weight is 290 g/mol. The van der Waals surface area contributed by atoms with Crippen molar-refractivity contribution in [2.75, 3.05) is 11.4 Å². The van der Waals surface area contributed by atoms with Crippen LogP contribution in [0.3, 0.4) is 0 Å². The lowest BCUT2D eigenvalue weighted by atomic mass is 9.87. The molecule has 0 saturated heterocycles. The zero-order chi connectivity index (χ0) is 14.8. The molecule has 22 heavy (non-hydrogen) atoms. The normalized spacial score (nSPS) is 33.7. The van der Waals surface area contributed by atoms with E-state index in [2.05, 4.69) is 53.5 Å². The van der Waals surface area contributed by atoms with Crippen LogP contribution in [0, 0.1) is 23.7 Å². The molecular weight excluding hydrogens is 272 g/mol. The van der Waals surface area contributed by atoms with Gasteiger partial charge in [0.05, 0.1) is 0 Å². The Bertz CT molecular complexity index is 773. The van der Waals surface area contributed by atoms with Crippen LogP contribution >= 0.6 is 0 Å². The molecule has 4 aliphatic rings. The highest BCUT2D eigenvalue weighted by Crippen LogP contribution is 2.58. The summed E-state index contributed by atoms with van der Waals surface area (Å²) in [5.41, 5.74) is 11.1. The number of anilines is 1. The Morgan fingerprint density at radius 1 is 1.23 bits per heavy atom. The van der Waals surface area contributed by atoms with E-state index in [-0.39, 0.29) is 11.8 Å². The van der Waals surface area contributed by atoms with Crippen LogP contribution in [-0.2, 0) is 11.2 Å². The molecule has 4 unspecified atom stereocenters. The van der Waals surface area contributed by atoms with Crippen LogP contribution in [0.15, 0.2) is 59.8 Å². The number of carbonyl (C=O) groups excluding carboxylic acids is 1. The summed E-state index contributed by atoms with van der Waals surface area (Å²) >= 11 is 0. The zero-order valence-electron chi connectivity index (χ0n) is 12.3. The number of fused-ring (bicyclic) bond motifs is 6. The first-order valence-electron chi connectivity index (χ1n) is 7.98. The summed E-state index contributed by atoms with van der Waals surface area (Å²) in [6, 6.07) is 8.62. The highest BCUT2D eigenvalue weighted by atomic mass is 16.1. The van der Waals surface area contributed by atoms with Crippen LogP contribution in [0.1, 0.15) is 5.56 Å². The Kier molecular flexibility index (Phi) is 2.30. The topological polar surface area (TPSA) is 46.3 Å². The molecule has 5 rings (SSSR count). The number of amides is 1. The van der Waals surface area contributed by atoms with Gasteiger partial charge in [-0.15, -0.1) is 0 Å². The third-order valence-electron chi connectivity index (χ3n) is 5.73. The van der Waals surface area contributed by atoms with Gasteiger partial charge in [0.25, 0.3) is 0 Å². The van der Waals surface area contributed by atoms with Crippen molar-refractivity contribution >= 4 is 11.6 Å². The van der Waals surface area contributed by atoms with Crippen LogP contribution in [0.5, 0.6) is 0 Å². The van der Waals surface area contributed by atoms with E-state index in [1.807, 2.05) is 0 Å². The summed E-state index contributed by atoms with van der Waals surface area (Å²) in [5.74, 6) is 1.02. The molecule has 1 amide bonds. The molecule has 4 atom stereocenters. The summed E-state index contributed by atoms with van der Waals surface area (Å²) < 4.78 is 0. The van der Waals surface area contributed by atoms with E-state index in [4.69, 9.17) is 5.73 Å². The number of primary amides is 1. The molecule has 0 aromatic heterocycles. The summed E-state index contributed by atoms with van der Waals surface area (Å²) in [4.78, 5) is 14.2. The van der Waals surface area contributed by atoms with Gasteiger partial charge in [0.15, 0.2) is 0 Å².